The second-order valence-corrected chi connectivity index (χ2v) is 4.42. The summed E-state index contributed by atoms with van der Waals surface area (Å²) in [6.45, 7) is 1.42. The van der Waals surface area contributed by atoms with E-state index in [9.17, 15) is 23.3 Å². The lowest BCUT2D eigenvalue weighted by Crippen LogP contribution is -2.06. The quantitative estimate of drug-likeness (QED) is 0.687. The van der Waals surface area contributed by atoms with Gasteiger partial charge in [0.25, 0.3) is 0 Å². The van der Waals surface area contributed by atoms with Crippen molar-refractivity contribution in [3.05, 3.63) is 69.0 Å². The maximum absolute atomic E-state index is 13.6. The molecular formula is C14H11F3N2O2. The van der Waals surface area contributed by atoms with Gasteiger partial charge >= 0.3 is 5.69 Å². The number of nitrogens with zero attached hydrogens (tertiary/aromatic N) is 1. The Hall–Kier alpha value is -2.57. The number of hydrogen-bond acceptors (Lipinski definition) is 3. The zero-order valence-electron chi connectivity index (χ0n) is 11.0. The molecule has 1 N–H and O–H groups in total. The Kier molecular flexibility index (Phi) is 4.11. The number of hydrogen-bond donors (Lipinski definition) is 1. The minimum atomic E-state index is -1.23. The first kappa shape index (κ1) is 14.8. The lowest BCUT2D eigenvalue weighted by molar-refractivity contribution is -0.387. The van der Waals surface area contributed by atoms with Crippen LogP contribution in [0.15, 0.2) is 30.3 Å². The Balaban J connectivity index is 2.26. The third-order valence-corrected chi connectivity index (χ3v) is 3.05. The van der Waals surface area contributed by atoms with Gasteiger partial charge in [-0.2, -0.15) is 4.39 Å². The molecule has 0 aliphatic carbocycles. The smallest absolute Gasteiger partial charge is 0.305 e. The zero-order valence-corrected chi connectivity index (χ0v) is 11.0. The van der Waals surface area contributed by atoms with E-state index in [1.807, 2.05) is 0 Å². The molecule has 0 amide bonds. The number of halogens is 3. The van der Waals surface area contributed by atoms with Gasteiger partial charge in [-0.15, -0.1) is 0 Å². The number of benzene rings is 2. The fraction of sp³-hybridized carbons (Fsp3) is 0.143. The van der Waals surface area contributed by atoms with Crippen LogP contribution in [0.25, 0.3) is 0 Å². The van der Waals surface area contributed by atoms with Crippen molar-refractivity contribution in [1.82, 2.24) is 0 Å². The molecule has 0 spiro atoms. The Morgan fingerprint density at radius 3 is 2.52 bits per heavy atom. The maximum atomic E-state index is 13.6. The third-order valence-electron chi connectivity index (χ3n) is 3.05. The van der Waals surface area contributed by atoms with Crippen LogP contribution in [0.3, 0.4) is 0 Å². The molecule has 0 aliphatic heterocycles. The third kappa shape index (κ3) is 3.13. The van der Waals surface area contributed by atoms with Crippen LogP contribution >= 0.6 is 0 Å². The predicted octanol–water partition coefficient (Wildman–Crippen LogP) is 3.93. The molecule has 0 atom stereocenters. The van der Waals surface area contributed by atoms with Crippen molar-refractivity contribution in [2.75, 3.05) is 5.32 Å². The highest BCUT2D eigenvalue weighted by Gasteiger charge is 2.18. The number of anilines is 1. The van der Waals surface area contributed by atoms with Gasteiger partial charge in [0, 0.05) is 35.5 Å². The molecule has 0 saturated heterocycles. The molecule has 110 valence electrons. The van der Waals surface area contributed by atoms with E-state index in [2.05, 4.69) is 5.32 Å². The number of rotatable bonds is 4. The Bertz CT molecular complexity index is 705. The van der Waals surface area contributed by atoms with Crippen LogP contribution in [0.2, 0.25) is 0 Å². The number of nitrogens with one attached hydrogen (secondary N) is 1. The van der Waals surface area contributed by atoms with E-state index in [0.717, 1.165) is 6.07 Å². The van der Waals surface area contributed by atoms with E-state index in [0.29, 0.717) is 17.3 Å². The molecule has 0 aliphatic rings. The van der Waals surface area contributed by atoms with Crippen molar-refractivity contribution in [2.24, 2.45) is 0 Å². The largest absolute Gasteiger partial charge is 0.381 e. The van der Waals surface area contributed by atoms with Crippen LogP contribution in [0.1, 0.15) is 11.1 Å². The Morgan fingerprint density at radius 2 is 1.86 bits per heavy atom. The normalized spacial score (nSPS) is 10.5. The van der Waals surface area contributed by atoms with Crippen LogP contribution in [-0.4, -0.2) is 4.92 Å². The summed E-state index contributed by atoms with van der Waals surface area (Å²) in [5.74, 6) is -2.56. The van der Waals surface area contributed by atoms with Gasteiger partial charge in [0.2, 0.25) is 5.82 Å². The first-order valence-corrected chi connectivity index (χ1v) is 6.01. The van der Waals surface area contributed by atoms with Gasteiger partial charge in [0.05, 0.1) is 4.92 Å². The molecule has 0 fully saturated rings. The highest BCUT2D eigenvalue weighted by molar-refractivity contribution is 5.51. The molecule has 7 heteroatoms. The average Bonchev–Trinajstić information content (AvgIpc) is 2.41. The summed E-state index contributed by atoms with van der Waals surface area (Å²) in [6.07, 6.45) is 0. The summed E-state index contributed by atoms with van der Waals surface area (Å²) < 4.78 is 40.2. The second-order valence-electron chi connectivity index (χ2n) is 4.42. The van der Waals surface area contributed by atoms with Gasteiger partial charge in [-0.05, 0) is 19.1 Å². The number of nitro groups is 1. The highest BCUT2D eigenvalue weighted by atomic mass is 19.1. The SMILES string of the molecule is Cc1c(F)cccc1NCc1cc([N+](=O)[O-])c(F)cc1F. The first-order valence-electron chi connectivity index (χ1n) is 6.01. The van der Waals surface area contributed by atoms with Gasteiger partial charge in [-0.25, -0.2) is 8.78 Å². The van der Waals surface area contributed by atoms with Gasteiger partial charge in [-0.3, -0.25) is 10.1 Å². The molecule has 4 nitrogen and oxygen atoms in total. The van der Waals surface area contributed by atoms with Gasteiger partial charge in [0.1, 0.15) is 11.6 Å². The monoisotopic (exact) mass is 296 g/mol. The first-order chi connectivity index (χ1) is 9.90. The summed E-state index contributed by atoms with van der Waals surface area (Å²) in [5, 5.41) is 13.4. The predicted molar refractivity (Wildman–Crippen MR) is 71.5 cm³/mol. The summed E-state index contributed by atoms with van der Waals surface area (Å²) in [7, 11) is 0. The van der Waals surface area contributed by atoms with Crippen LogP contribution in [0.5, 0.6) is 0 Å². The van der Waals surface area contributed by atoms with E-state index in [1.165, 1.54) is 12.1 Å². The van der Waals surface area contributed by atoms with Crippen LogP contribution in [0.4, 0.5) is 24.5 Å². The summed E-state index contributed by atoms with van der Waals surface area (Å²) in [6, 6.07) is 5.64. The molecule has 0 heterocycles. The Labute approximate surface area is 118 Å². The summed E-state index contributed by atoms with van der Waals surface area (Å²) >= 11 is 0. The fourth-order valence-corrected chi connectivity index (χ4v) is 1.85. The van der Waals surface area contributed by atoms with Crippen LogP contribution < -0.4 is 5.32 Å². The van der Waals surface area contributed by atoms with Crippen molar-refractivity contribution in [2.45, 2.75) is 13.5 Å². The Morgan fingerprint density at radius 1 is 1.14 bits per heavy atom. The van der Waals surface area contributed by atoms with Crippen molar-refractivity contribution < 1.29 is 18.1 Å². The van der Waals surface area contributed by atoms with E-state index in [4.69, 9.17) is 0 Å². The average molecular weight is 296 g/mol. The van der Waals surface area contributed by atoms with E-state index >= 15 is 0 Å². The van der Waals surface area contributed by atoms with E-state index in [-0.39, 0.29) is 12.1 Å². The number of nitro benzene ring substituents is 1. The van der Waals surface area contributed by atoms with E-state index in [1.54, 1.807) is 13.0 Å². The van der Waals surface area contributed by atoms with E-state index < -0.39 is 28.1 Å². The van der Waals surface area contributed by atoms with Gasteiger partial charge in [-0.1, -0.05) is 6.07 Å². The molecule has 2 aromatic carbocycles. The molecule has 0 unspecified atom stereocenters. The molecule has 0 radical (unpaired) electrons. The van der Waals surface area contributed by atoms with Gasteiger partial charge < -0.3 is 5.32 Å². The van der Waals surface area contributed by atoms with Crippen LogP contribution in [0, 0.1) is 34.5 Å². The molecule has 21 heavy (non-hydrogen) atoms. The highest BCUT2D eigenvalue weighted by Crippen LogP contribution is 2.23. The van der Waals surface area contributed by atoms with Gasteiger partial charge in [0.15, 0.2) is 0 Å². The minimum Gasteiger partial charge on any atom is -0.381 e. The zero-order chi connectivity index (χ0) is 15.6. The van der Waals surface area contributed by atoms with Crippen molar-refractivity contribution in [3.63, 3.8) is 0 Å². The standard InChI is InChI=1S/C14H11F3N2O2/c1-8-10(15)3-2-4-13(8)18-7-9-5-14(19(20)21)12(17)6-11(9)16/h2-6,18H,7H2,1H3. The molecule has 2 aromatic rings. The fourth-order valence-electron chi connectivity index (χ4n) is 1.85. The summed E-state index contributed by atoms with van der Waals surface area (Å²) in [4.78, 5) is 9.71. The second kappa shape index (κ2) is 5.82. The summed E-state index contributed by atoms with van der Waals surface area (Å²) in [5.41, 5.74) is -0.105. The van der Waals surface area contributed by atoms with Crippen LogP contribution in [-0.2, 0) is 6.54 Å². The molecule has 2 rings (SSSR count). The lowest BCUT2D eigenvalue weighted by atomic mass is 10.1. The lowest BCUT2D eigenvalue weighted by Gasteiger charge is -2.10. The van der Waals surface area contributed by atoms with Crippen molar-refractivity contribution in [3.8, 4) is 0 Å². The van der Waals surface area contributed by atoms with Crippen molar-refractivity contribution >= 4 is 11.4 Å². The molecular weight excluding hydrogens is 285 g/mol. The maximum Gasteiger partial charge on any atom is 0.305 e. The van der Waals surface area contributed by atoms with Crippen molar-refractivity contribution in [1.29, 1.82) is 0 Å². The molecule has 0 bridgehead atoms. The minimum absolute atomic E-state index is 0.0771. The topological polar surface area (TPSA) is 55.2 Å². The molecule has 0 aromatic heterocycles. The molecule has 0 saturated carbocycles.